The van der Waals surface area contributed by atoms with Crippen LogP contribution in [0.4, 0.5) is 0 Å². The van der Waals surface area contributed by atoms with Crippen LogP contribution in [0.2, 0.25) is 0 Å². The van der Waals surface area contributed by atoms with Crippen LogP contribution in [0.25, 0.3) is 22.8 Å². The molecule has 1 amide bonds. The number of nitriles is 1. The van der Waals surface area contributed by atoms with Crippen molar-refractivity contribution in [2.45, 2.75) is 51.9 Å². The van der Waals surface area contributed by atoms with Gasteiger partial charge in [-0.3, -0.25) is 4.79 Å². The average Bonchev–Trinajstić information content (AvgIpc) is 3.24. The lowest BCUT2D eigenvalue weighted by atomic mass is 10.00. The Hall–Kier alpha value is -3.74. The van der Waals surface area contributed by atoms with Gasteiger partial charge in [0.1, 0.15) is 17.9 Å². The largest absolute Gasteiger partial charge is 0.490 e. The summed E-state index contributed by atoms with van der Waals surface area (Å²) in [5.74, 6) is 1.03. The first-order valence-electron chi connectivity index (χ1n) is 11.7. The van der Waals surface area contributed by atoms with E-state index in [0.29, 0.717) is 54.5 Å². The molecular weight excluding hydrogens is 446 g/mol. The first-order chi connectivity index (χ1) is 16.8. The first kappa shape index (κ1) is 24.4. The van der Waals surface area contributed by atoms with E-state index in [1.807, 2.05) is 32.0 Å². The molecule has 1 aromatic heterocycles. The SMILES string of the molecule is CC(C)Oc1ccc(-c2nc(-c3ccc4c(c3)CCN(C(=O)[C@@H](N)[C@@H](C)O)CC4)no2)cc1C#N. The number of fused-ring (bicyclic) bond motifs is 1. The van der Waals surface area contributed by atoms with Crippen molar-refractivity contribution in [1.29, 1.82) is 5.26 Å². The molecule has 3 N–H and O–H groups in total. The van der Waals surface area contributed by atoms with Gasteiger partial charge in [0.05, 0.1) is 17.8 Å². The molecule has 182 valence electrons. The summed E-state index contributed by atoms with van der Waals surface area (Å²) in [4.78, 5) is 18.8. The summed E-state index contributed by atoms with van der Waals surface area (Å²) in [6.07, 6.45) is 0.425. The summed E-state index contributed by atoms with van der Waals surface area (Å²) in [5.41, 5.74) is 9.95. The van der Waals surface area contributed by atoms with Crippen molar-refractivity contribution in [2.75, 3.05) is 13.1 Å². The lowest BCUT2D eigenvalue weighted by molar-refractivity contribution is -0.134. The number of amides is 1. The number of benzene rings is 2. The third kappa shape index (κ3) is 5.34. The van der Waals surface area contributed by atoms with Crippen LogP contribution >= 0.6 is 0 Å². The van der Waals surface area contributed by atoms with Crippen LogP contribution in [-0.4, -0.2) is 57.4 Å². The number of hydrogen-bond acceptors (Lipinski definition) is 8. The highest BCUT2D eigenvalue weighted by Gasteiger charge is 2.26. The fraction of sp³-hybridized carbons (Fsp3) is 0.385. The minimum atomic E-state index is -0.919. The van der Waals surface area contributed by atoms with Gasteiger partial charge in [0.2, 0.25) is 11.7 Å². The molecule has 1 aliphatic heterocycles. The standard InChI is InChI=1S/C26H29N5O4/c1-15(2)34-22-7-6-20(13-21(22)14-27)25-29-24(30-35-25)19-5-4-17-8-10-31(11-9-18(17)12-19)26(33)23(28)16(3)32/h4-7,12-13,15-16,23,32H,8-11,28H2,1-3H3/t16-,23+/m1/s1. The fourth-order valence-electron chi connectivity index (χ4n) is 4.07. The van der Waals surface area contributed by atoms with Gasteiger partial charge in [-0.05, 0) is 69.0 Å². The number of carbonyl (C=O) groups excluding carboxylic acids is 1. The van der Waals surface area contributed by atoms with Crippen molar-refractivity contribution in [3.8, 4) is 34.7 Å². The summed E-state index contributed by atoms with van der Waals surface area (Å²) < 4.78 is 11.2. The Balaban J connectivity index is 1.53. The van der Waals surface area contributed by atoms with Gasteiger partial charge in [0, 0.05) is 24.2 Å². The molecule has 35 heavy (non-hydrogen) atoms. The number of nitrogens with zero attached hydrogens (tertiary/aromatic N) is 4. The Bertz CT molecular complexity index is 1260. The molecule has 0 spiro atoms. The molecule has 3 aromatic rings. The lowest BCUT2D eigenvalue weighted by Gasteiger charge is -2.25. The van der Waals surface area contributed by atoms with Crippen molar-refractivity contribution < 1.29 is 19.2 Å². The van der Waals surface area contributed by atoms with Gasteiger partial charge in [-0.2, -0.15) is 10.2 Å². The zero-order valence-electron chi connectivity index (χ0n) is 20.1. The topological polar surface area (TPSA) is 138 Å². The Labute approximate surface area is 204 Å². The summed E-state index contributed by atoms with van der Waals surface area (Å²) in [6.45, 7) is 6.40. The fourth-order valence-corrected chi connectivity index (χ4v) is 4.07. The van der Waals surface area contributed by atoms with E-state index < -0.39 is 12.1 Å². The molecular formula is C26H29N5O4. The highest BCUT2D eigenvalue weighted by Crippen LogP contribution is 2.29. The molecule has 2 aromatic carbocycles. The van der Waals surface area contributed by atoms with Gasteiger partial charge in [0.15, 0.2) is 0 Å². The molecule has 0 radical (unpaired) electrons. The maximum Gasteiger partial charge on any atom is 0.258 e. The Morgan fingerprint density at radius 3 is 2.54 bits per heavy atom. The van der Waals surface area contributed by atoms with Crippen LogP contribution in [0, 0.1) is 11.3 Å². The molecule has 0 fully saturated rings. The smallest absolute Gasteiger partial charge is 0.258 e. The monoisotopic (exact) mass is 475 g/mol. The maximum atomic E-state index is 12.6. The molecule has 2 heterocycles. The minimum absolute atomic E-state index is 0.0451. The molecule has 0 unspecified atom stereocenters. The van der Waals surface area contributed by atoms with Gasteiger partial charge >= 0.3 is 0 Å². The molecule has 0 saturated carbocycles. The van der Waals surface area contributed by atoms with Crippen LogP contribution in [0.3, 0.4) is 0 Å². The van der Waals surface area contributed by atoms with E-state index in [1.54, 1.807) is 23.1 Å². The summed E-state index contributed by atoms with van der Waals surface area (Å²) in [6, 6.07) is 12.4. The van der Waals surface area contributed by atoms with E-state index in [-0.39, 0.29) is 12.0 Å². The highest BCUT2D eigenvalue weighted by molar-refractivity contribution is 5.82. The van der Waals surface area contributed by atoms with Gasteiger partial charge < -0.3 is 25.0 Å². The molecule has 0 aliphatic carbocycles. The molecule has 9 nitrogen and oxygen atoms in total. The summed E-state index contributed by atoms with van der Waals surface area (Å²) in [7, 11) is 0. The third-order valence-corrected chi connectivity index (χ3v) is 6.02. The van der Waals surface area contributed by atoms with Crippen molar-refractivity contribution >= 4 is 5.91 Å². The van der Waals surface area contributed by atoms with Crippen LogP contribution < -0.4 is 10.5 Å². The van der Waals surface area contributed by atoms with E-state index in [1.165, 1.54) is 6.92 Å². The average molecular weight is 476 g/mol. The summed E-state index contributed by atoms with van der Waals surface area (Å²) in [5, 5.41) is 23.3. The van der Waals surface area contributed by atoms with Crippen LogP contribution in [-0.2, 0) is 17.6 Å². The maximum absolute atomic E-state index is 12.6. The Kier molecular flexibility index (Phi) is 7.15. The Morgan fingerprint density at radius 1 is 1.14 bits per heavy atom. The number of aliphatic hydroxyl groups excluding tert-OH is 1. The quantitative estimate of drug-likeness (QED) is 0.555. The number of carbonyl (C=O) groups is 1. The van der Waals surface area contributed by atoms with Gasteiger partial charge in [0.25, 0.3) is 5.89 Å². The number of aliphatic hydroxyl groups is 1. The number of nitrogens with two attached hydrogens (primary N) is 1. The second kappa shape index (κ2) is 10.3. The predicted molar refractivity (Wildman–Crippen MR) is 129 cm³/mol. The second-order valence-electron chi connectivity index (χ2n) is 8.99. The summed E-state index contributed by atoms with van der Waals surface area (Å²) >= 11 is 0. The van der Waals surface area contributed by atoms with Gasteiger partial charge in [-0.15, -0.1) is 0 Å². The minimum Gasteiger partial charge on any atom is -0.490 e. The molecule has 0 bridgehead atoms. The predicted octanol–water partition coefficient (Wildman–Crippen LogP) is 2.70. The van der Waals surface area contributed by atoms with Gasteiger partial charge in [-0.25, -0.2) is 0 Å². The normalized spacial score (nSPS) is 15.2. The Morgan fingerprint density at radius 2 is 1.86 bits per heavy atom. The molecule has 4 rings (SSSR count). The molecule has 0 saturated heterocycles. The van der Waals surface area contributed by atoms with Crippen LogP contribution in [0.15, 0.2) is 40.9 Å². The number of rotatable bonds is 6. The zero-order valence-corrected chi connectivity index (χ0v) is 20.1. The van der Waals surface area contributed by atoms with E-state index in [9.17, 15) is 15.2 Å². The van der Waals surface area contributed by atoms with Crippen LogP contribution in [0.1, 0.15) is 37.5 Å². The zero-order chi connectivity index (χ0) is 25.1. The van der Waals surface area contributed by atoms with Crippen molar-refractivity contribution in [3.63, 3.8) is 0 Å². The highest BCUT2D eigenvalue weighted by atomic mass is 16.5. The molecule has 1 aliphatic rings. The van der Waals surface area contributed by atoms with E-state index in [0.717, 1.165) is 16.7 Å². The molecule has 2 atom stereocenters. The van der Waals surface area contributed by atoms with Crippen molar-refractivity contribution in [3.05, 3.63) is 53.1 Å². The van der Waals surface area contributed by atoms with E-state index in [4.69, 9.17) is 15.0 Å². The number of aromatic nitrogens is 2. The second-order valence-corrected chi connectivity index (χ2v) is 8.99. The number of ether oxygens (including phenoxy) is 1. The van der Waals surface area contributed by atoms with E-state index >= 15 is 0 Å². The van der Waals surface area contributed by atoms with Crippen LogP contribution in [0.5, 0.6) is 5.75 Å². The third-order valence-electron chi connectivity index (χ3n) is 6.02. The van der Waals surface area contributed by atoms with Crippen molar-refractivity contribution in [2.24, 2.45) is 5.73 Å². The van der Waals surface area contributed by atoms with Crippen molar-refractivity contribution in [1.82, 2.24) is 15.0 Å². The van der Waals surface area contributed by atoms with Gasteiger partial charge in [-0.1, -0.05) is 17.3 Å². The molecule has 9 heteroatoms. The first-order valence-corrected chi connectivity index (χ1v) is 11.7. The number of hydrogen-bond donors (Lipinski definition) is 2. The lowest BCUT2D eigenvalue weighted by Crippen LogP contribution is -2.49. The van der Waals surface area contributed by atoms with E-state index in [2.05, 4.69) is 16.2 Å².